The van der Waals surface area contributed by atoms with Crippen LogP contribution in [0.15, 0.2) is 91.0 Å². The molecule has 1 saturated carbocycles. The molecule has 0 unspecified atom stereocenters. The fourth-order valence-corrected chi connectivity index (χ4v) is 9.43. The summed E-state index contributed by atoms with van der Waals surface area (Å²) < 4.78 is 0. The van der Waals surface area contributed by atoms with Gasteiger partial charge in [0.05, 0.1) is 0 Å². The molecule has 4 rings (SSSR count). The van der Waals surface area contributed by atoms with Crippen LogP contribution in [0.3, 0.4) is 0 Å². The van der Waals surface area contributed by atoms with E-state index >= 15 is 0 Å². The zero-order valence-corrected chi connectivity index (χ0v) is 13.7. The summed E-state index contributed by atoms with van der Waals surface area (Å²) in [6, 6.07) is 33.7. The molecule has 0 spiro atoms. The molecular weight excluding hydrogens is 280 g/mol. The van der Waals surface area contributed by atoms with E-state index in [1.807, 2.05) is 0 Å². The SMILES string of the molecule is c1ccc([Si](c2ccccc2)(c2ccccc2)C2CC2)cc1. The van der Waals surface area contributed by atoms with Gasteiger partial charge in [-0.3, -0.25) is 0 Å². The number of hydrogen-bond donors (Lipinski definition) is 0. The van der Waals surface area contributed by atoms with Gasteiger partial charge in [0.15, 0.2) is 8.07 Å². The van der Waals surface area contributed by atoms with Crippen molar-refractivity contribution in [3.63, 3.8) is 0 Å². The predicted molar refractivity (Wildman–Crippen MR) is 97.0 cm³/mol. The van der Waals surface area contributed by atoms with Gasteiger partial charge in [0, 0.05) is 0 Å². The Morgan fingerprint density at radius 2 is 0.818 bits per heavy atom. The Morgan fingerprint density at radius 1 is 0.500 bits per heavy atom. The Hall–Kier alpha value is -2.12. The summed E-state index contributed by atoms with van der Waals surface area (Å²) in [5, 5.41) is 4.65. The largest absolute Gasteiger partial charge is 0.151 e. The van der Waals surface area contributed by atoms with Gasteiger partial charge in [-0.15, -0.1) is 0 Å². The van der Waals surface area contributed by atoms with Gasteiger partial charge in [-0.2, -0.15) is 0 Å². The van der Waals surface area contributed by atoms with Gasteiger partial charge in [0.25, 0.3) is 0 Å². The quantitative estimate of drug-likeness (QED) is 0.512. The third-order valence-corrected chi connectivity index (χ3v) is 10.4. The van der Waals surface area contributed by atoms with Crippen LogP contribution >= 0.6 is 0 Å². The summed E-state index contributed by atoms with van der Waals surface area (Å²) in [4.78, 5) is 0. The maximum Gasteiger partial charge on any atom is 0.151 e. The molecule has 0 aliphatic heterocycles. The molecule has 0 bridgehead atoms. The highest BCUT2D eigenvalue weighted by Crippen LogP contribution is 2.44. The van der Waals surface area contributed by atoms with E-state index < -0.39 is 8.07 Å². The Morgan fingerprint density at radius 3 is 1.09 bits per heavy atom. The third-order valence-electron chi connectivity index (χ3n) is 4.88. The van der Waals surface area contributed by atoms with E-state index in [0.29, 0.717) is 0 Å². The molecular formula is C21H20Si. The van der Waals surface area contributed by atoms with Crippen LogP contribution in [0.4, 0.5) is 0 Å². The second-order valence-electron chi connectivity index (χ2n) is 6.18. The highest BCUT2D eigenvalue weighted by Gasteiger charge is 2.51. The van der Waals surface area contributed by atoms with Crippen LogP contribution in [0.2, 0.25) is 5.54 Å². The number of hydrogen-bond acceptors (Lipinski definition) is 0. The van der Waals surface area contributed by atoms with Crippen molar-refractivity contribution in [1.82, 2.24) is 0 Å². The maximum absolute atomic E-state index is 2.35. The van der Waals surface area contributed by atoms with Gasteiger partial charge in [-0.05, 0) is 21.1 Å². The number of benzene rings is 3. The fraction of sp³-hybridized carbons (Fsp3) is 0.143. The van der Waals surface area contributed by atoms with Gasteiger partial charge in [-0.25, -0.2) is 0 Å². The van der Waals surface area contributed by atoms with Crippen molar-refractivity contribution in [1.29, 1.82) is 0 Å². The first-order chi connectivity index (χ1) is 10.9. The first-order valence-corrected chi connectivity index (χ1v) is 10.2. The molecule has 0 N–H and O–H groups in total. The highest BCUT2D eigenvalue weighted by atomic mass is 28.3. The van der Waals surface area contributed by atoms with Crippen LogP contribution < -0.4 is 15.6 Å². The lowest BCUT2D eigenvalue weighted by molar-refractivity contribution is 1.38. The lowest BCUT2D eigenvalue weighted by Gasteiger charge is -2.34. The molecule has 0 radical (unpaired) electrons. The molecule has 0 heterocycles. The first kappa shape index (κ1) is 13.5. The second-order valence-corrected chi connectivity index (χ2v) is 10.3. The van der Waals surface area contributed by atoms with Gasteiger partial charge < -0.3 is 0 Å². The Bertz CT molecular complexity index is 634. The minimum Gasteiger partial charge on any atom is -0.0624 e. The Kier molecular flexibility index (Phi) is 3.43. The normalized spacial score (nSPS) is 14.7. The molecule has 1 fully saturated rings. The van der Waals surface area contributed by atoms with Crippen molar-refractivity contribution in [2.75, 3.05) is 0 Å². The summed E-state index contributed by atoms with van der Waals surface area (Å²) >= 11 is 0. The molecule has 3 aromatic carbocycles. The molecule has 22 heavy (non-hydrogen) atoms. The van der Waals surface area contributed by atoms with E-state index in [2.05, 4.69) is 91.0 Å². The zero-order chi connectivity index (χ0) is 14.8. The number of rotatable bonds is 4. The molecule has 1 aliphatic rings. The Balaban J connectivity index is 2.02. The summed E-state index contributed by atoms with van der Waals surface area (Å²) in [6.45, 7) is 0. The lowest BCUT2D eigenvalue weighted by atomic mass is 10.3. The van der Waals surface area contributed by atoms with Gasteiger partial charge in [0.2, 0.25) is 0 Å². The zero-order valence-electron chi connectivity index (χ0n) is 12.7. The summed E-state index contributed by atoms with van der Waals surface area (Å²) in [6.07, 6.45) is 2.73. The molecule has 0 nitrogen and oxygen atoms in total. The van der Waals surface area contributed by atoms with Crippen LogP contribution in [0.25, 0.3) is 0 Å². The molecule has 0 saturated heterocycles. The molecule has 0 aromatic heterocycles. The van der Waals surface area contributed by atoms with Crippen LogP contribution in [0.1, 0.15) is 12.8 Å². The minimum absolute atomic E-state index is 0.833. The van der Waals surface area contributed by atoms with Crippen molar-refractivity contribution in [3.05, 3.63) is 91.0 Å². The van der Waals surface area contributed by atoms with Crippen molar-refractivity contribution in [2.24, 2.45) is 0 Å². The molecule has 0 atom stereocenters. The lowest BCUT2D eigenvalue weighted by Crippen LogP contribution is -2.67. The van der Waals surface area contributed by atoms with E-state index in [4.69, 9.17) is 0 Å². The maximum atomic E-state index is 2.35. The summed E-state index contributed by atoms with van der Waals surface area (Å²) in [5.74, 6) is 0. The topological polar surface area (TPSA) is 0 Å². The molecule has 0 amide bonds. The van der Waals surface area contributed by atoms with Crippen molar-refractivity contribution < 1.29 is 0 Å². The van der Waals surface area contributed by atoms with E-state index in [0.717, 1.165) is 5.54 Å². The Labute approximate surface area is 133 Å². The van der Waals surface area contributed by atoms with Crippen molar-refractivity contribution in [3.8, 4) is 0 Å². The minimum atomic E-state index is -1.89. The molecule has 108 valence electrons. The van der Waals surface area contributed by atoms with Crippen LogP contribution in [-0.4, -0.2) is 8.07 Å². The monoisotopic (exact) mass is 300 g/mol. The van der Waals surface area contributed by atoms with Gasteiger partial charge in [-0.1, -0.05) is 104 Å². The third kappa shape index (κ3) is 2.13. The average Bonchev–Trinajstić information content (AvgIpc) is 3.44. The standard InChI is InChI=1S/C21H20Si/c1-4-10-18(11-5-1)22(21-16-17-21,19-12-6-2-7-13-19)20-14-8-3-9-15-20/h1-15,21H,16-17H2. The predicted octanol–water partition coefficient (Wildman–Crippen LogP) is 3.32. The summed E-state index contributed by atoms with van der Waals surface area (Å²) in [5.41, 5.74) is 0.833. The first-order valence-electron chi connectivity index (χ1n) is 8.09. The van der Waals surface area contributed by atoms with Gasteiger partial charge >= 0.3 is 0 Å². The fourth-order valence-electron chi connectivity index (χ4n) is 3.83. The van der Waals surface area contributed by atoms with E-state index in [1.165, 1.54) is 12.8 Å². The van der Waals surface area contributed by atoms with Crippen molar-refractivity contribution in [2.45, 2.75) is 18.4 Å². The van der Waals surface area contributed by atoms with E-state index in [1.54, 1.807) is 15.6 Å². The average molecular weight is 300 g/mol. The van der Waals surface area contributed by atoms with Crippen LogP contribution in [0, 0.1) is 0 Å². The second kappa shape index (κ2) is 5.58. The molecule has 1 aliphatic carbocycles. The van der Waals surface area contributed by atoms with Crippen LogP contribution in [0.5, 0.6) is 0 Å². The molecule has 3 aromatic rings. The molecule has 1 heteroatoms. The van der Waals surface area contributed by atoms with Crippen molar-refractivity contribution >= 4 is 23.6 Å². The van der Waals surface area contributed by atoms with Gasteiger partial charge in [0.1, 0.15) is 0 Å². The van der Waals surface area contributed by atoms with E-state index in [9.17, 15) is 0 Å². The smallest absolute Gasteiger partial charge is 0.0624 e. The highest BCUT2D eigenvalue weighted by molar-refractivity contribution is 7.12. The van der Waals surface area contributed by atoms with E-state index in [-0.39, 0.29) is 0 Å². The summed E-state index contributed by atoms with van der Waals surface area (Å²) in [7, 11) is -1.89. The van der Waals surface area contributed by atoms with Crippen LogP contribution in [-0.2, 0) is 0 Å².